The van der Waals surface area contributed by atoms with E-state index in [-0.39, 0.29) is 0 Å². The monoisotopic (exact) mass is 683 g/mol. The molecule has 0 fully saturated rings. The highest BCUT2D eigenvalue weighted by Gasteiger charge is 2.21. The van der Waals surface area contributed by atoms with Crippen LogP contribution in [-0.4, -0.2) is 9.55 Å². The first-order valence-electron chi connectivity index (χ1n) is 17.5. The second-order valence-electron chi connectivity index (χ2n) is 13.2. The van der Waals surface area contributed by atoms with Crippen molar-refractivity contribution in [1.29, 1.82) is 0 Å². The zero-order valence-electron chi connectivity index (χ0n) is 27.9. The number of rotatable bonds is 5. The summed E-state index contributed by atoms with van der Waals surface area (Å²) >= 11 is 1.84. The lowest BCUT2D eigenvalue weighted by Gasteiger charge is -2.27. The van der Waals surface area contributed by atoms with Gasteiger partial charge in [0.25, 0.3) is 0 Å². The summed E-state index contributed by atoms with van der Waals surface area (Å²) in [5.41, 5.74) is 9.32. The van der Waals surface area contributed by atoms with Crippen LogP contribution in [-0.2, 0) is 0 Å². The Bertz CT molecular complexity index is 3140. The number of fused-ring (bicyclic) bond motifs is 9. The number of nitrogens with zero attached hydrogens (tertiary/aromatic N) is 3. The molecule has 11 aromatic rings. The van der Waals surface area contributed by atoms with Crippen molar-refractivity contribution in [1.82, 2.24) is 9.55 Å². The quantitative estimate of drug-likeness (QED) is 0.181. The van der Waals surface area contributed by atoms with Gasteiger partial charge in [0.2, 0.25) is 5.89 Å². The van der Waals surface area contributed by atoms with Crippen LogP contribution in [0.3, 0.4) is 0 Å². The van der Waals surface area contributed by atoms with E-state index in [2.05, 4.69) is 155 Å². The van der Waals surface area contributed by atoms with Crippen LogP contribution < -0.4 is 4.90 Å². The van der Waals surface area contributed by atoms with Crippen molar-refractivity contribution in [2.45, 2.75) is 0 Å². The molecule has 0 saturated heterocycles. The van der Waals surface area contributed by atoms with Crippen molar-refractivity contribution < 1.29 is 4.42 Å². The number of anilines is 3. The van der Waals surface area contributed by atoms with Crippen LogP contribution in [0.5, 0.6) is 0 Å². The standard InChI is InChI=1S/C47H29N3OS/c1-3-12-30(13-4-1)47-48-46-39-18-11-20-40(36(39)26-27-43(46)51-47)49(33-23-25-38-37-17-8-10-21-44(37)52-45(38)29-33)32-22-24-35-34-16-7-9-19-41(34)50(42(35)28-32)31-14-5-2-6-15-31/h1-29H. The minimum absolute atomic E-state index is 0.625. The molecule has 0 amide bonds. The van der Waals surface area contributed by atoms with Crippen molar-refractivity contribution >= 4 is 92.2 Å². The van der Waals surface area contributed by atoms with E-state index in [1.54, 1.807) is 0 Å². The summed E-state index contributed by atoms with van der Waals surface area (Å²) in [7, 11) is 0. The maximum absolute atomic E-state index is 6.31. The molecule has 52 heavy (non-hydrogen) atoms. The number of hydrogen-bond acceptors (Lipinski definition) is 4. The summed E-state index contributed by atoms with van der Waals surface area (Å²) in [6, 6.07) is 62.7. The average Bonchev–Trinajstić information content (AvgIpc) is 3.91. The molecule has 3 aromatic heterocycles. The summed E-state index contributed by atoms with van der Waals surface area (Å²) < 4.78 is 11.3. The first kappa shape index (κ1) is 29.1. The topological polar surface area (TPSA) is 34.2 Å². The van der Waals surface area contributed by atoms with Crippen molar-refractivity contribution in [3.05, 3.63) is 176 Å². The van der Waals surface area contributed by atoms with Crippen LogP contribution in [0.15, 0.2) is 180 Å². The van der Waals surface area contributed by atoms with E-state index in [0.717, 1.165) is 55.7 Å². The SMILES string of the molecule is c1ccc(-c2nc3c(ccc4c(N(c5ccc6c(c5)sc5ccccc56)c5ccc6c7ccccc7n(-c7ccccc7)c6c5)cccc43)o2)cc1. The van der Waals surface area contributed by atoms with Gasteiger partial charge in [-0.15, -0.1) is 11.3 Å². The molecule has 4 nitrogen and oxygen atoms in total. The molecule has 3 heterocycles. The normalized spacial score (nSPS) is 11.8. The summed E-state index contributed by atoms with van der Waals surface area (Å²) in [5.74, 6) is 0.625. The highest BCUT2D eigenvalue weighted by atomic mass is 32.1. The summed E-state index contributed by atoms with van der Waals surface area (Å²) in [4.78, 5) is 7.45. The molecule has 5 heteroatoms. The van der Waals surface area contributed by atoms with Crippen LogP contribution in [0.1, 0.15) is 0 Å². The van der Waals surface area contributed by atoms with Crippen molar-refractivity contribution in [2.24, 2.45) is 0 Å². The van der Waals surface area contributed by atoms with E-state index in [4.69, 9.17) is 9.40 Å². The van der Waals surface area contributed by atoms with Gasteiger partial charge in [0.1, 0.15) is 5.52 Å². The van der Waals surface area contributed by atoms with E-state index >= 15 is 0 Å². The Morgan fingerprint density at radius 1 is 0.481 bits per heavy atom. The van der Waals surface area contributed by atoms with Crippen molar-refractivity contribution in [2.75, 3.05) is 4.90 Å². The third kappa shape index (κ3) is 4.43. The van der Waals surface area contributed by atoms with Crippen LogP contribution in [0.2, 0.25) is 0 Å². The molecule has 0 N–H and O–H groups in total. The van der Waals surface area contributed by atoms with Crippen LogP contribution in [0, 0.1) is 0 Å². The fraction of sp³-hybridized carbons (Fsp3) is 0. The zero-order chi connectivity index (χ0) is 34.2. The molecular formula is C47H29N3OS. The first-order chi connectivity index (χ1) is 25.8. The van der Waals surface area contributed by atoms with Crippen LogP contribution in [0.4, 0.5) is 17.1 Å². The third-order valence-electron chi connectivity index (χ3n) is 10.2. The van der Waals surface area contributed by atoms with E-state index in [1.165, 1.54) is 36.5 Å². The van der Waals surface area contributed by atoms with E-state index < -0.39 is 0 Å². The number of oxazole rings is 1. The largest absolute Gasteiger partial charge is 0.436 e. The third-order valence-corrected chi connectivity index (χ3v) is 11.3. The predicted molar refractivity (Wildman–Crippen MR) is 219 cm³/mol. The lowest BCUT2D eigenvalue weighted by Crippen LogP contribution is -2.10. The van der Waals surface area contributed by atoms with Crippen molar-refractivity contribution in [3.8, 4) is 17.1 Å². The van der Waals surface area contributed by atoms with Crippen LogP contribution >= 0.6 is 11.3 Å². The van der Waals surface area contributed by atoms with Gasteiger partial charge in [-0.3, -0.25) is 0 Å². The number of benzene rings is 8. The number of thiophene rings is 1. The second-order valence-corrected chi connectivity index (χ2v) is 14.3. The highest BCUT2D eigenvalue weighted by molar-refractivity contribution is 7.25. The zero-order valence-corrected chi connectivity index (χ0v) is 28.7. The molecule has 0 aliphatic carbocycles. The number of hydrogen-bond donors (Lipinski definition) is 0. The minimum atomic E-state index is 0.625. The highest BCUT2D eigenvalue weighted by Crippen LogP contribution is 2.45. The Hall–Kier alpha value is -6.69. The molecule has 244 valence electrons. The summed E-state index contributed by atoms with van der Waals surface area (Å²) in [5, 5.41) is 7.18. The van der Waals surface area contributed by atoms with Crippen LogP contribution in [0.25, 0.3) is 81.0 Å². The molecule has 0 atom stereocenters. The maximum atomic E-state index is 6.31. The Kier molecular flexibility index (Phi) is 6.39. The smallest absolute Gasteiger partial charge is 0.227 e. The Balaban J connectivity index is 1.18. The maximum Gasteiger partial charge on any atom is 0.227 e. The molecule has 0 spiro atoms. The molecule has 0 radical (unpaired) electrons. The van der Waals surface area contributed by atoms with Gasteiger partial charge in [0, 0.05) is 64.3 Å². The Labute approximate surface area is 303 Å². The number of para-hydroxylation sites is 2. The van der Waals surface area contributed by atoms with E-state index in [0.29, 0.717) is 5.89 Å². The average molecular weight is 684 g/mol. The molecule has 11 rings (SSSR count). The Morgan fingerprint density at radius 2 is 1.13 bits per heavy atom. The van der Waals surface area contributed by atoms with E-state index in [9.17, 15) is 0 Å². The fourth-order valence-electron chi connectivity index (χ4n) is 7.86. The summed E-state index contributed by atoms with van der Waals surface area (Å²) in [6.07, 6.45) is 0. The van der Waals surface area contributed by atoms with Gasteiger partial charge in [0.15, 0.2) is 5.58 Å². The molecule has 0 aliphatic rings. The second kappa shape index (κ2) is 11.4. The molecule has 0 aliphatic heterocycles. The number of aromatic nitrogens is 2. The van der Waals surface area contributed by atoms with Crippen molar-refractivity contribution in [3.63, 3.8) is 0 Å². The predicted octanol–water partition coefficient (Wildman–Crippen LogP) is 13.6. The Morgan fingerprint density at radius 3 is 2.00 bits per heavy atom. The van der Waals surface area contributed by atoms with Gasteiger partial charge in [-0.1, -0.05) is 97.1 Å². The molecular weight excluding hydrogens is 655 g/mol. The minimum Gasteiger partial charge on any atom is -0.436 e. The molecule has 8 aromatic carbocycles. The van der Waals surface area contributed by atoms with Gasteiger partial charge in [0.05, 0.1) is 16.7 Å². The van der Waals surface area contributed by atoms with Gasteiger partial charge in [-0.2, -0.15) is 0 Å². The van der Waals surface area contributed by atoms with Gasteiger partial charge < -0.3 is 13.9 Å². The molecule has 0 saturated carbocycles. The van der Waals surface area contributed by atoms with Gasteiger partial charge in [-0.05, 0) is 78.9 Å². The lowest BCUT2D eigenvalue weighted by molar-refractivity contribution is 0.620. The van der Waals surface area contributed by atoms with E-state index in [1.807, 2.05) is 41.7 Å². The summed E-state index contributed by atoms with van der Waals surface area (Å²) in [6.45, 7) is 0. The lowest BCUT2D eigenvalue weighted by atomic mass is 10.0. The van der Waals surface area contributed by atoms with Gasteiger partial charge >= 0.3 is 0 Å². The molecule has 0 unspecified atom stereocenters. The molecule has 0 bridgehead atoms. The van der Waals surface area contributed by atoms with Gasteiger partial charge in [-0.25, -0.2) is 4.98 Å². The fourth-order valence-corrected chi connectivity index (χ4v) is 9.00. The first-order valence-corrected chi connectivity index (χ1v) is 18.3.